The Morgan fingerprint density at radius 3 is 2.71 bits per heavy atom. The lowest BCUT2D eigenvalue weighted by Crippen LogP contribution is -1.88. The third-order valence-corrected chi connectivity index (χ3v) is 0.288. The molecule has 3 heteroatoms. The minimum absolute atomic E-state index is 0.385. The van der Waals surface area contributed by atoms with E-state index in [1.807, 2.05) is 0 Å². The normalized spacial score (nSPS) is 7.57. The van der Waals surface area contributed by atoms with Crippen LogP contribution in [-0.4, -0.2) is 13.1 Å². The number of carbonyl (C=O) groups excluding carboxylic acids is 1. The third kappa shape index (κ3) is 5.14. The van der Waals surface area contributed by atoms with Crippen LogP contribution in [0.4, 0.5) is 4.39 Å². The highest BCUT2D eigenvalue weighted by Crippen LogP contribution is 1.87. The van der Waals surface area contributed by atoms with E-state index in [1.165, 1.54) is 0 Å². The maximum atomic E-state index is 11.4. The van der Waals surface area contributed by atoms with E-state index in [0.29, 0.717) is 0 Å². The lowest BCUT2D eigenvalue weighted by atomic mass is 10.6. The zero-order chi connectivity index (χ0) is 5.70. The largest absolute Gasteiger partial charge is 0.450 e. The lowest BCUT2D eigenvalue weighted by Gasteiger charge is -1.86. The second-order valence-electron chi connectivity index (χ2n) is 0.889. The van der Waals surface area contributed by atoms with Gasteiger partial charge in [-0.3, -0.25) is 0 Å². The van der Waals surface area contributed by atoms with Gasteiger partial charge >= 0.3 is 6.47 Å². The minimum Gasteiger partial charge on any atom is -0.450 e. The van der Waals surface area contributed by atoms with E-state index >= 15 is 0 Å². The first kappa shape index (κ1) is 6.14. The molecule has 0 aliphatic carbocycles. The summed E-state index contributed by atoms with van der Waals surface area (Å²) in [6.45, 7) is 3.48. The van der Waals surface area contributed by atoms with Crippen LogP contribution in [0, 0.1) is 0 Å². The topological polar surface area (TPSA) is 26.3 Å². The van der Waals surface area contributed by atoms with Crippen molar-refractivity contribution in [1.82, 2.24) is 0 Å². The fourth-order valence-electron chi connectivity index (χ4n) is 0.108. The van der Waals surface area contributed by atoms with Crippen LogP contribution < -0.4 is 0 Å². The third-order valence-electron chi connectivity index (χ3n) is 0.288. The fraction of sp³-hybridized carbons (Fsp3) is 0.250. The molecule has 0 amide bonds. The monoisotopic (exact) mass is 103 g/mol. The van der Waals surface area contributed by atoms with E-state index in [-0.39, 0.29) is 6.61 Å². The van der Waals surface area contributed by atoms with Crippen molar-refractivity contribution in [3.8, 4) is 0 Å². The van der Waals surface area contributed by atoms with Gasteiger partial charge in [0.2, 0.25) is 0 Å². The molecule has 0 atom stereocenters. The van der Waals surface area contributed by atoms with Crippen LogP contribution >= 0.6 is 0 Å². The SMILES string of the molecule is C=C(F)CO[C]=O. The molecule has 0 aromatic rings. The first-order valence-corrected chi connectivity index (χ1v) is 1.59. The predicted octanol–water partition coefficient (Wildman–Crippen LogP) is 0.553. The predicted molar refractivity (Wildman–Crippen MR) is 21.9 cm³/mol. The van der Waals surface area contributed by atoms with Crippen LogP contribution in [0.25, 0.3) is 0 Å². The van der Waals surface area contributed by atoms with Crippen molar-refractivity contribution in [3.63, 3.8) is 0 Å². The molecule has 0 rings (SSSR count). The Balaban J connectivity index is 2.97. The molecule has 0 aliphatic heterocycles. The fourth-order valence-corrected chi connectivity index (χ4v) is 0.108. The standard InChI is InChI=1S/C4H4FO2/c1-4(5)2-7-3-6/h1-2H2. The first-order chi connectivity index (χ1) is 3.27. The molecule has 0 aliphatic rings. The van der Waals surface area contributed by atoms with E-state index in [2.05, 4.69) is 11.3 Å². The quantitative estimate of drug-likeness (QED) is 0.521. The van der Waals surface area contributed by atoms with Gasteiger partial charge in [-0.25, -0.2) is 9.18 Å². The Morgan fingerprint density at radius 2 is 2.57 bits per heavy atom. The number of hydrogen-bond donors (Lipinski definition) is 0. The maximum Gasteiger partial charge on any atom is 0.417 e. The zero-order valence-electron chi connectivity index (χ0n) is 3.61. The molecular weight excluding hydrogens is 99.0 g/mol. The van der Waals surface area contributed by atoms with Gasteiger partial charge in [0.15, 0.2) is 0 Å². The Kier molecular flexibility index (Phi) is 2.92. The highest BCUT2D eigenvalue weighted by molar-refractivity contribution is 5.38. The van der Waals surface area contributed by atoms with Crippen LogP contribution in [-0.2, 0) is 9.53 Å². The highest BCUT2D eigenvalue weighted by atomic mass is 19.1. The average molecular weight is 103 g/mol. The second-order valence-corrected chi connectivity index (χ2v) is 0.889. The van der Waals surface area contributed by atoms with Gasteiger partial charge in [0.1, 0.15) is 12.4 Å². The smallest absolute Gasteiger partial charge is 0.417 e. The van der Waals surface area contributed by atoms with Crippen LogP contribution in [0.2, 0.25) is 0 Å². The van der Waals surface area contributed by atoms with Crippen LogP contribution in [0.15, 0.2) is 12.4 Å². The summed E-state index contributed by atoms with van der Waals surface area (Å²) in [7, 11) is 0. The first-order valence-electron chi connectivity index (χ1n) is 1.59. The van der Waals surface area contributed by atoms with Gasteiger partial charge in [0.25, 0.3) is 0 Å². The van der Waals surface area contributed by atoms with Gasteiger partial charge in [-0.05, 0) is 0 Å². The number of rotatable bonds is 3. The Labute approximate surface area is 40.6 Å². The Bertz CT molecular complexity index is 79.8. The van der Waals surface area contributed by atoms with Crippen LogP contribution in [0.1, 0.15) is 0 Å². The number of ether oxygens (including phenoxy) is 1. The summed E-state index contributed by atoms with van der Waals surface area (Å²) in [6, 6.07) is 0. The summed E-state index contributed by atoms with van der Waals surface area (Å²) in [5.74, 6) is -0.677. The van der Waals surface area contributed by atoms with Crippen LogP contribution in [0.3, 0.4) is 0 Å². The van der Waals surface area contributed by atoms with E-state index in [9.17, 15) is 4.39 Å². The molecule has 0 aromatic carbocycles. The molecule has 0 fully saturated rings. The van der Waals surface area contributed by atoms with E-state index in [0.717, 1.165) is 6.47 Å². The van der Waals surface area contributed by atoms with Crippen LogP contribution in [0.5, 0.6) is 0 Å². The summed E-state index contributed by atoms with van der Waals surface area (Å²) >= 11 is 0. The van der Waals surface area contributed by atoms with Crippen molar-refractivity contribution in [2.45, 2.75) is 0 Å². The van der Waals surface area contributed by atoms with E-state index < -0.39 is 5.83 Å². The maximum absolute atomic E-state index is 11.4. The summed E-state index contributed by atoms with van der Waals surface area (Å²) in [4.78, 5) is 9.15. The molecular formula is C4H4FO2. The second kappa shape index (κ2) is 3.33. The summed E-state index contributed by atoms with van der Waals surface area (Å²) < 4.78 is 15.2. The van der Waals surface area contributed by atoms with Crippen molar-refractivity contribution in [1.29, 1.82) is 0 Å². The van der Waals surface area contributed by atoms with Gasteiger partial charge in [-0.15, -0.1) is 0 Å². The molecule has 0 saturated carbocycles. The van der Waals surface area contributed by atoms with Gasteiger partial charge in [-0.1, -0.05) is 6.58 Å². The molecule has 2 nitrogen and oxygen atoms in total. The molecule has 0 unspecified atom stereocenters. The zero-order valence-corrected chi connectivity index (χ0v) is 3.61. The van der Waals surface area contributed by atoms with Gasteiger partial charge in [-0.2, -0.15) is 0 Å². The van der Waals surface area contributed by atoms with E-state index in [4.69, 9.17) is 4.79 Å². The van der Waals surface area contributed by atoms with Gasteiger partial charge in [0, 0.05) is 0 Å². The van der Waals surface area contributed by atoms with E-state index in [1.54, 1.807) is 0 Å². The molecule has 0 saturated heterocycles. The molecule has 0 spiro atoms. The highest BCUT2D eigenvalue weighted by Gasteiger charge is 1.85. The molecule has 7 heavy (non-hydrogen) atoms. The minimum atomic E-state index is -0.677. The molecule has 39 valence electrons. The van der Waals surface area contributed by atoms with Gasteiger partial charge < -0.3 is 4.74 Å². The summed E-state index contributed by atoms with van der Waals surface area (Å²) in [5.41, 5.74) is 0. The molecule has 0 aromatic heterocycles. The Hall–Kier alpha value is -0.860. The summed E-state index contributed by atoms with van der Waals surface area (Å²) in [5, 5.41) is 0. The molecule has 0 heterocycles. The Morgan fingerprint density at radius 1 is 2.00 bits per heavy atom. The van der Waals surface area contributed by atoms with Crippen molar-refractivity contribution in [2.75, 3.05) is 6.61 Å². The number of halogens is 1. The van der Waals surface area contributed by atoms with Gasteiger partial charge in [0.05, 0.1) is 0 Å². The van der Waals surface area contributed by atoms with Crippen molar-refractivity contribution in [3.05, 3.63) is 12.4 Å². The van der Waals surface area contributed by atoms with Crippen molar-refractivity contribution < 1.29 is 13.9 Å². The lowest BCUT2D eigenvalue weighted by molar-refractivity contribution is 0.282. The average Bonchev–Trinajstić information content (AvgIpc) is 1.61. The summed E-state index contributed by atoms with van der Waals surface area (Å²) in [6.07, 6.45) is 0. The molecule has 0 N–H and O–H groups in total. The van der Waals surface area contributed by atoms with Crippen molar-refractivity contribution >= 4 is 6.47 Å². The molecule has 0 bridgehead atoms. The van der Waals surface area contributed by atoms with Crippen molar-refractivity contribution in [2.24, 2.45) is 0 Å². The molecule has 1 radical (unpaired) electrons. The number of hydrogen-bond acceptors (Lipinski definition) is 2.